The third kappa shape index (κ3) is 8.84. The number of piperidine rings is 1. The van der Waals surface area contributed by atoms with Crippen molar-refractivity contribution < 1.29 is 35.6 Å². The molecule has 0 aliphatic carbocycles. The summed E-state index contributed by atoms with van der Waals surface area (Å²) in [5.41, 5.74) is 1.27. The van der Waals surface area contributed by atoms with E-state index in [9.17, 15) is 31.2 Å². The molecular formula is C34H39F4N5O4S. The number of aromatic nitrogens is 1. The first kappa shape index (κ1) is 35.6. The molecule has 0 saturated carbocycles. The minimum atomic E-state index is -3.83. The van der Waals surface area contributed by atoms with Crippen molar-refractivity contribution in [1.29, 1.82) is 0 Å². The Kier molecular flexibility index (Phi) is 11.6. The number of hydrogen-bond acceptors (Lipinski definition) is 6. The fourth-order valence-corrected chi connectivity index (χ4v) is 8.46. The van der Waals surface area contributed by atoms with Gasteiger partial charge in [0.2, 0.25) is 5.91 Å². The second-order valence-corrected chi connectivity index (χ2v) is 14.3. The number of nitrogens with zero attached hydrogens (tertiary/aromatic N) is 3. The molecule has 1 amide bonds. The highest BCUT2D eigenvalue weighted by atomic mass is 32.2. The van der Waals surface area contributed by atoms with Gasteiger partial charge in [-0.2, -0.15) is 17.0 Å². The maximum Gasteiger partial charge on any atom is 0.282 e. The van der Waals surface area contributed by atoms with Crippen LogP contribution in [0.25, 0.3) is 0 Å². The molecule has 5 rings (SSSR count). The summed E-state index contributed by atoms with van der Waals surface area (Å²) < 4.78 is 87.5. The Hall–Kier alpha value is -3.72. The quantitative estimate of drug-likeness (QED) is 0.278. The summed E-state index contributed by atoms with van der Waals surface area (Å²) in [6.07, 6.45) is 3.46. The van der Waals surface area contributed by atoms with E-state index in [-0.39, 0.29) is 74.2 Å². The number of ketones is 1. The fraction of sp³-hybridized carbons (Fsp3) is 0.441. The van der Waals surface area contributed by atoms with Crippen LogP contribution in [0.15, 0.2) is 54.9 Å². The van der Waals surface area contributed by atoms with Crippen LogP contribution in [0.2, 0.25) is 0 Å². The fourth-order valence-electron chi connectivity index (χ4n) is 6.62. The van der Waals surface area contributed by atoms with Gasteiger partial charge in [0.1, 0.15) is 29.1 Å². The van der Waals surface area contributed by atoms with E-state index in [1.165, 1.54) is 46.0 Å². The number of piperazine rings is 1. The number of hydrogen-bond donors (Lipinski definition) is 2. The molecule has 14 heteroatoms. The maximum absolute atomic E-state index is 15.2. The molecule has 2 saturated heterocycles. The molecule has 0 unspecified atom stereocenters. The normalized spacial score (nSPS) is 18.8. The number of rotatable bonds is 12. The maximum atomic E-state index is 15.2. The molecule has 258 valence electrons. The summed E-state index contributed by atoms with van der Waals surface area (Å²) in [7, 11) is -3.83. The lowest BCUT2D eigenvalue weighted by Gasteiger charge is -2.40. The number of Topliss-reactive ketones (excluding diaryl/α,β-unsaturated/α-hetero) is 1. The first-order chi connectivity index (χ1) is 22.9. The van der Waals surface area contributed by atoms with E-state index in [1.807, 2.05) is 0 Å². The number of halogens is 4. The third-order valence-corrected chi connectivity index (χ3v) is 11.1. The van der Waals surface area contributed by atoms with Crippen LogP contribution in [0.4, 0.5) is 17.6 Å². The highest BCUT2D eigenvalue weighted by molar-refractivity contribution is 7.86. The zero-order valence-corrected chi connectivity index (χ0v) is 27.4. The van der Waals surface area contributed by atoms with Gasteiger partial charge < -0.3 is 10.6 Å². The second-order valence-electron chi connectivity index (χ2n) is 12.4. The van der Waals surface area contributed by atoms with E-state index in [0.29, 0.717) is 37.1 Å². The Bertz CT molecular complexity index is 1700. The van der Waals surface area contributed by atoms with Crippen molar-refractivity contribution in [2.24, 2.45) is 0 Å². The molecule has 3 aromatic rings. The summed E-state index contributed by atoms with van der Waals surface area (Å²) in [6, 6.07) is 7.74. The van der Waals surface area contributed by atoms with E-state index in [1.54, 1.807) is 0 Å². The summed E-state index contributed by atoms with van der Waals surface area (Å²) in [5.74, 6) is -4.06. The van der Waals surface area contributed by atoms with E-state index in [0.717, 1.165) is 24.4 Å². The topological polar surface area (TPSA) is 112 Å². The molecule has 3 heterocycles. The smallest absolute Gasteiger partial charge is 0.282 e. The lowest BCUT2D eigenvalue weighted by molar-refractivity contribution is -0.120. The zero-order valence-electron chi connectivity index (χ0n) is 26.6. The molecule has 2 fully saturated rings. The predicted octanol–water partition coefficient (Wildman–Crippen LogP) is 4.02. The molecule has 2 aliphatic rings. The van der Waals surface area contributed by atoms with Gasteiger partial charge in [-0.3, -0.25) is 14.6 Å². The summed E-state index contributed by atoms with van der Waals surface area (Å²) in [6.45, 7) is 3.06. The van der Waals surface area contributed by atoms with Gasteiger partial charge in [-0.1, -0.05) is 12.1 Å². The monoisotopic (exact) mass is 689 g/mol. The minimum Gasteiger partial charge on any atom is -0.354 e. The largest absolute Gasteiger partial charge is 0.354 e. The number of amides is 1. The molecule has 2 aromatic carbocycles. The van der Waals surface area contributed by atoms with Gasteiger partial charge in [-0.05, 0) is 72.2 Å². The van der Waals surface area contributed by atoms with Gasteiger partial charge in [0, 0.05) is 82.8 Å². The van der Waals surface area contributed by atoms with Gasteiger partial charge in [0.15, 0.2) is 0 Å². The molecule has 2 atom stereocenters. The summed E-state index contributed by atoms with van der Waals surface area (Å²) >= 11 is 0. The van der Waals surface area contributed by atoms with Gasteiger partial charge in [0.05, 0.1) is 6.20 Å². The van der Waals surface area contributed by atoms with Crippen LogP contribution < -0.4 is 10.6 Å². The summed E-state index contributed by atoms with van der Waals surface area (Å²) in [5, 5.41) is 6.07. The van der Waals surface area contributed by atoms with Gasteiger partial charge >= 0.3 is 0 Å². The van der Waals surface area contributed by atoms with Crippen LogP contribution in [0.1, 0.15) is 60.8 Å². The van der Waals surface area contributed by atoms with Crippen molar-refractivity contribution in [3.63, 3.8) is 0 Å². The zero-order chi connectivity index (χ0) is 34.4. The van der Waals surface area contributed by atoms with Crippen molar-refractivity contribution in [2.75, 3.05) is 32.7 Å². The highest BCUT2D eigenvalue weighted by Crippen LogP contribution is 2.31. The number of pyridine rings is 1. The lowest BCUT2D eigenvalue weighted by atomic mass is 9.85. The standard InChI is InChI=1S/C34H39F4N5O4S/c1-22(44)41-29-8-11-42(12-9-29)48(46,47)43-13-10-39-20-30(43)6-7-32-25(19-40-21-34(32)38)16-31(45)18-33(23-2-4-26(35)5-3-23)24-14-27(36)17-28(37)15-24/h2-5,14-15,17,19,21,29-30,33,39H,6-13,16,18,20H2,1H3,(H,41,44)/t30-,33-/m0/s1. The SMILES string of the molecule is CC(=O)NC1CCN(S(=O)(=O)N2CCNC[C@@H]2CCc2c(F)cncc2CC(=O)C[C@@H](c2ccc(F)cc2)c2cc(F)cc(F)c2)CC1. The molecule has 0 bridgehead atoms. The van der Waals surface area contributed by atoms with Crippen LogP contribution >= 0.6 is 0 Å². The van der Waals surface area contributed by atoms with Crippen LogP contribution in [-0.4, -0.2) is 78.5 Å². The van der Waals surface area contributed by atoms with E-state index < -0.39 is 45.4 Å². The van der Waals surface area contributed by atoms with Crippen LogP contribution in [0.3, 0.4) is 0 Å². The first-order valence-corrected chi connectivity index (χ1v) is 17.4. The van der Waals surface area contributed by atoms with Crippen molar-refractivity contribution in [3.05, 3.63) is 100 Å². The number of carbonyl (C=O) groups excluding carboxylic acids is 2. The Morgan fingerprint density at radius 2 is 1.65 bits per heavy atom. The highest BCUT2D eigenvalue weighted by Gasteiger charge is 2.38. The van der Waals surface area contributed by atoms with Crippen LogP contribution in [-0.2, 0) is 32.6 Å². The average Bonchev–Trinajstić information content (AvgIpc) is 3.03. The molecule has 0 spiro atoms. The molecule has 1 aromatic heterocycles. The number of benzene rings is 2. The molecule has 0 radical (unpaired) electrons. The first-order valence-electron chi connectivity index (χ1n) is 16.0. The van der Waals surface area contributed by atoms with Gasteiger partial charge in [-0.25, -0.2) is 17.6 Å². The number of nitrogens with one attached hydrogen (secondary N) is 2. The van der Waals surface area contributed by atoms with Gasteiger partial charge in [0.25, 0.3) is 10.2 Å². The summed E-state index contributed by atoms with van der Waals surface area (Å²) in [4.78, 5) is 28.8. The lowest BCUT2D eigenvalue weighted by Crippen LogP contribution is -2.59. The van der Waals surface area contributed by atoms with Crippen molar-refractivity contribution in [3.8, 4) is 0 Å². The van der Waals surface area contributed by atoms with Crippen molar-refractivity contribution in [2.45, 2.75) is 63.5 Å². The molecular weight excluding hydrogens is 650 g/mol. The predicted molar refractivity (Wildman–Crippen MR) is 171 cm³/mol. The number of carbonyl (C=O) groups is 2. The van der Waals surface area contributed by atoms with E-state index in [4.69, 9.17) is 0 Å². The average molecular weight is 690 g/mol. The Morgan fingerprint density at radius 1 is 0.958 bits per heavy atom. The van der Waals surface area contributed by atoms with Crippen molar-refractivity contribution in [1.82, 2.24) is 24.2 Å². The van der Waals surface area contributed by atoms with Crippen LogP contribution in [0, 0.1) is 23.3 Å². The van der Waals surface area contributed by atoms with E-state index >= 15 is 4.39 Å². The third-order valence-electron chi connectivity index (χ3n) is 8.98. The molecule has 2 aliphatic heterocycles. The Balaban J connectivity index is 1.29. The molecule has 9 nitrogen and oxygen atoms in total. The Morgan fingerprint density at radius 3 is 2.31 bits per heavy atom. The Labute approximate surface area is 277 Å². The van der Waals surface area contributed by atoms with Crippen LogP contribution in [0.5, 0.6) is 0 Å². The van der Waals surface area contributed by atoms with Crippen molar-refractivity contribution >= 4 is 21.9 Å². The minimum absolute atomic E-state index is 0.0791. The van der Waals surface area contributed by atoms with E-state index in [2.05, 4.69) is 15.6 Å². The second kappa shape index (κ2) is 15.7. The molecule has 2 N–H and O–H groups in total. The van der Waals surface area contributed by atoms with Gasteiger partial charge in [-0.15, -0.1) is 0 Å². The molecule has 48 heavy (non-hydrogen) atoms.